The van der Waals surface area contributed by atoms with Gasteiger partial charge < -0.3 is 15.0 Å². The number of esters is 1. The van der Waals surface area contributed by atoms with Crippen LogP contribution >= 0.6 is 0 Å². The molecule has 1 N–H and O–H groups in total. The van der Waals surface area contributed by atoms with Crippen molar-refractivity contribution in [2.75, 3.05) is 27.2 Å². The molecule has 0 amide bonds. The Balaban J connectivity index is 2.38. The molecule has 1 atom stereocenters. The van der Waals surface area contributed by atoms with Gasteiger partial charge in [0.25, 0.3) is 0 Å². The first kappa shape index (κ1) is 13.5. The standard InChI is InChI=1S/C12H24N2O2/c1-9(2)11(13-3)12(15)16-10-5-7-14(4)8-6-10/h9-11,13H,5-8H2,1-4H3. The van der Waals surface area contributed by atoms with Crippen LogP contribution in [0.1, 0.15) is 26.7 Å². The predicted molar refractivity (Wildman–Crippen MR) is 64.3 cm³/mol. The summed E-state index contributed by atoms with van der Waals surface area (Å²) in [6, 6.07) is -0.181. The quantitative estimate of drug-likeness (QED) is 0.725. The van der Waals surface area contributed by atoms with Crippen molar-refractivity contribution in [3.05, 3.63) is 0 Å². The van der Waals surface area contributed by atoms with E-state index in [0.717, 1.165) is 25.9 Å². The van der Waals surface area contributed by atoms with E-state index in [2.05, 4.69) is 17.3 Å². The molecule has 0 radical (unpaired) electrons. The van der Waals surface area contributed by atoms with Crippen LogP contribution in [0.4, 0.5) is 0 Å². The molecule has 94 valence electrons. The van der Waals surface area contributed by atoms with Crippen LogP contribution in [0.3, 0.4) is 0 Å². The van der Waals surface area contributed by atoms with Gasteiger partial charge >= 0.3 is 5.97 Å². The number of likely N-dealkylation sites (N-methyl/N-ethyl adjacent to an activating group) is 1. The number of piperidine rings is 1. The number of likely N-dealkylation sites (tertiary alicyclic amines) is 1. The minimum absolute atomic E-state index is 0.105. The van der Waals surface area contributed by atoms with E-state index in [-0.39, 0.29) is 24.0 Å². The van der Waals surface area contributed by atoms with Crippen LogP contribution in [-0.4, -0.2) is 50.2 Å². The van der Waals surface area contributed by atoms with Crippen LogP contribution < -0.4 is 5.32 Å². The Morgan fingerprint density at radius 3 is 2.38 bits per heavy atom. The van der Waals surface area contributed by atoms with Gasteiger partial charge in [-0.3, -0.25) is 4.79 Å². The van der Waals surface area contributed by atoms with Gasteiger partial charge in [-0.2, -0.15) is 0 Å². The maximum Gasteiger partial charge on any atom is 0.323 e. The molecule has 0 aliphatic carbocycles. The highest BCUT2D eigenvalue weighted by molar-refractivity contribution is 5.76. The van der Waals surface area contributed by atoms with Crippen molar-refractivity contribution in [1.82, 2.24) is 10.2 Å². The highest BCUT2D eigenvalue weighted by atomic mass is 16.5. The third kappa shape index (κ3) is 3.76. The number of hydrogen-bond acceptors (Lipinski definition) is 4. The van der Waals surface area contributed by atoms with Gasteiger partial charge in [0.15, 0.2) is 0 Å². The lowest BCUT2D eigenvalue weighted by Crippen LogP contribution is -2.43. The Bertz CT molecular complexity index is 223. The minimum Gasteiger partial charge on any atom is -0.461 e. The largest absolute Gasteiger partial charge is 0.461 e. The van der Waals surface area contributed by atoms with Crippen molar-refractivity contribution in [1.29, 1.82) is 0 Å². The molecule has 0 bridgehead atoms. The van der Waals surface area contributed by atoms with Gasteiger partial charge in [-0.1, -0.05) is 13.8 Å². The zero-order valence-corrected chi connectivity index (χ0v) is 10.8. The molecule has 1 saturated heterocycles. The summed E-state index contributed by atoms with van der Waals surface area (Å²) in [5.41, 5.74) is 0. The molecule has 16 heavy (non-hydrogen) atoms. The monoisotopic (exact) mass is 228 g/mol. The van der Waals surface area contributed by atoms with Crippen LogP contribution in [0, 0.1) is 5.92 Å². The molecule has 0 saturated carbocycles. The summed E-state index contributed by atoms with van der Waals surface area (Å²) in [6.07, 6.45) is 2.02. The van der Waals surface area contributed by atoms with Crippen molar-refractivity contribution in [2.45, 2.75) is 38.8 Å². The first-order valence-corrected chi connectivity index (χ1v) is 6.11. The second kappa shape index (κ2) is 6.21. The molecule has 1 heterocycles. The molecular weight excluding hydrogens is 204 g/mol. The second-order valence-corrected chi connectivity index (χ2v) is 4.95. The fourth-order valence-electron chi connectivity index (χ4n) is 2.06. The van der Waals surface area contributed by atoms with E-state index in [1.54, 1.807) is 7.05 Å². The third-order valence-electron chi connectivity index (χ3n) is 3.18. The molecule has 4 nitrogen and oxygen atoms in total. The van der Waals surface area contributed by atoms with Crippen molar-refractivity contribution >= 4 is 5.97 Å². The molecule has 0 aromatic carbocycles. The van der Waals surface area contributed by atoms with Gasteiger partial charge in [-0.25, -0.2) is 0 Å². The lowest BCUT2D eigenvalue weighted by atomic mass is 10.0. The Hall–Kier alpha value is -0.610. The summed E-state index contributed by atoms with van der Waals surface area (Å²) >= 11 is 0. The molecule has 4 heteroatoms. The maximum absolute atomic E-state index is 11.9. The average molecular weight is 228 g/mol. The van der Waals surface area contributed by atoms with Crippen molar-refractivity contribution < 1.29 is 9.53 Å². The zero-order valence-electron chi connectivity index (χ0n) is 10.8. The van der Waals surface area contributed by atoms with Crippen molar-refractivity contribution in [3.63, 3.8) is 0 Å². The zero-order chi connectivity index (χ0) is 12.1. The number of ether oxygens (including phenoxy) is 1. The molecule has 0 spiro atoms. The van der Waals surface area contributed by atoms with Gasteiger partial charge in [0.05, 0.1) is 0 Å². The van der Waals surface area contributed by atoms with Crippen LogP contribution in [0.25, 0.3) is 0 Å². The SMILES string of the molecule is CNC(C(=O)OC1CCN(C)CC1)C(C)C. The Morgan fingerprint density at radius 2 is 1.94 bits per heavy atom. The predicted octanol–water partition coefficient (Wildman–Crippen LogP) is 0.868. The molecule has 0 aromatic rings. The van der Waals surface area contributed by atoms with E-state index in [1.165, 1.54) is 0 Å². The molecule has 1 aliphatic heterocycles. The first-order valence-electron chi connectivity index (χ1n) is 6.11. The summed E-state index contributed by atoms with van der Waals surface area (Å²) in [4.78, 5) is 14.1. The maximum atomic E-state index is 11.9. The van der Waals surface area contributed by atoms with Crippen LogP contribution in [0.5, 0.6) is 0 Å². The van der Waals surface area contributed by atoms with Gasteiger partial charge in [0.1, 0.15) is 12.1 Å². The smallest absolute Gasteiger partial charge is 0.323 e. The Labute approximate surface area is 98.3 Å². The van der Waals surface area contributed by atoms with Gasteiger partial charge in [-0.15, -0.1) is 0 Å². The van der Waals surface area contributed by atoms with E-state index in [0.29, 0.717) is 0 Å². The van der Waals surface area contributed by atoms with E-state index >= 15 is 0 Å². The molecule has 1 aliphatic rings. The summed E-state index contributed by atoms with van der Waals surface area (Å²) < 4.78 is 5.53. The minimum atomic E-state index is -0.181. The highest BCUT2D eigenvalue weighted by Gasteiger charge is 2.26. The molecule has 1 unspecified atom stereocenters. The summed E-state index contributed by atoms with van der Waals surface area (Å²) in [7, 11) is 3.91. The molecule has 0 aromatic heterocycles. The lowest BCUT2D eigenvalue weighted by molar-refractivity contribution is -0.154. The van der Waals surface area contributed by atoms with E-state index in [9.17, 15) is 4.79 Å². The van der Waals surface area contributed by atoms with E-state index in [1.807, 2.05) is 13.8 Å². The molecular formula is C12H24N2O2. The number of nitrogens with one attached hydrogen (secondary N) is 1. The Kier molecular flexibility index (Phi) is 5.22. The topological polar surface area (TPSA) is 41.6 Å². The highest BCUT2D eigenvalue weighted by Crippen LogP contribution is 2.14. The Morgan fingerprint density at radius 1 is 1.38 bits per heavy atom. The van der Waals surface area contributed by atoms with Gasteiger partial charge in [0, 0.05) is 13.1 Å². The van der Waals surface area contributed by atoms with Crippen LogP contribution in [-0.2, 0) is 9.53 Å². The number of carbonyl (C=O) groups is 1. The normalized spacial score (nSPS) is 21.1. The summed E-state index contributed by atoms with van der Waals surface area (Å²) in [5.74, 6) is 0.163. The number of carbonyl (C=O) groups excluding carboxylic acids is 1. The summed E-state index contributed by atoms with van der Waals surface area (Å²) in [5, 5.41) is 3.01. The number of hydrogen-bond donors (Lipinski definition) is 1. The van der Waals surface area contributed by atoms with Crippen molar-refractivity contribution in [3.8, 4) is 0 Å². The number of nitrogens with zero attached hydrogens (tertiary/aromatic N) is 1. The first-order chi connectivity index (χ1) is 7.54. The molecule has 1 rings (SSSR count). The number of rotatable bonds is 4. The fraction of sp³-hybridized carbons (Fsp3) is 0.917. The van der Waals surface area contributed by atoms with Gasteiger partial charge in [-0.05, 0) is 32.9 Å². The van der Waals surface area contributed by atoms with Crippen LogP contribution in [0.15, 0.2) is 0 Å². The second-order valence-electron chi connectivity index (χ2n) is 4.95. The van der Waals surface area contributed by atoms with Crippen molar-refractivity contribution in [2.24, 2.45) is 5.92 Å². The molecule has 1 fully saturated rings. The average Bonchev–Trinajstić information content (AvgIpc) is 2.22. The third-order valence-corrected chi connectivity index (χ3v) is 3.18. The summed E-state index contributed by atoms with van der Waals surface area (Å²) in [6.45, 7) is 6.09. The van der Waals surface area contributed by atoms with Crippen LogP contribution in [0.2, 0.25) is 0 Å². The lowest BCUT2D eigenvalue weighted by Gasteiger charge is -2.30. The van der Waals surface area contributed by atoms with Gasteiger partial charge in [0.2, 0.25) is 0 Å². The van der Waals surface area contributed by atoms with E-state index in [4.69, 9.17) is 4.74 Å². The fourth-order valence-corrected chi connectivity index (χ4v) is 2.06. The van der Waals surface area contributed by atoms with E-state index < -0.39 is 0 Å².